The van der Waals surface area contributed by atoms with Gasteiger partial charge in [-0.1, -0.05) is 6.07 Å². The fourth-order valence-electron chi connectivity index (χ4n) is 3.12. The predicted octanol–water partition coefficient (Wildman–Crippen LogP) is 2.14. The van der Waals surface area contributed by atoms with E-state index < -0.39 is 17.7 Å². The molecule has 3 rings (SSSR count). The van der Waals surface area contributed by atoms with E-state index >= 15 is 0 Å². The largest absolute Gasteiger partial charge is 0.507 e. The molecule has 2 aromatic heterocycles. The topological polar surface area (TPSA) is 86.6 Å². The second-order valence-electron chi connectivity index (χ2n) is 6.73. The van der Waals surface area contributed by atoms with Gasteiger partial charge in [0.05, 0.1) is 22.9 Å². The lowest BCUT2D eigenvalue weighted by atomic mass is 10.00. The minimum atomic E-state index is -0.676. The molecule has 0 aromatic carbocycles. The third-order valence-electron chi connectivity index (χ3n) is 4.50. The molecule has 0 spiro atoms. The molecule has 0 bridgehead atoms. The molecular formula is C19H22N4O3S. The number of aryl methyl sites for hydroxylation is 2. The number of likely N-dealkylation sites (tertiary alicyclic amines) is 1. The van der Waals surface area contributed by atoms with Crippen LogP contribution in [0, 0.1) is 13.8 Å². The van der Waals surface area contributed by atoms with Crippen molar-refractivity contribution in [3.05, 3.63) is 51.2 Å². The van der Waals surface area contributed by atoms with Crippen molar-refractivity contribution in [1.82, 2.24) is 19.8 Å². The molecule has 1 aliphatic heterocycles. The Labute approximate surface area is 162 Å². The van der Waals surface area contributed by atoms with Gasteiger partial charge in [0.2, 0.25) is 0 Å². The first-order chi connectivity index (χ1) is 12.8. The zero-order valence-corrected chi connectivity index (χ0v) is 16.6. The summed E-state index contributed by atoms with van der Waals surface area (Å²) in [5, 5.41) is 12.8. The Bertz CT molecular complexity index is 906. The summed E-state index contributed by atoms with van der Waals surface area (Å²) in [4.78, 5) is 38.2. The van der Waals surface area contributed by atoms with Crippen molar-refractivity contribution in [2.45, 2.75) is 19.9 Å². The third-order valence-corrected chi connectivity index (χ3v) is 5.42. The van der Waals surface area contributed by atoms with E-state index in [0.717, 1.165) is 4.88 Å². The zero-order chi connectivity index (χ0) is 19.7. The zero-order valence-electron chi connectivity index (χ0n) is 15.8. The van der Waals surface area contributed by atoms with Crippen molar-refractivity contribution in [2.24, 2.45) is 0 Å². The summed E-state index contributed by atoms with van der Waals surface area (Å²) >= 11 is 1.45. The van der Waals surface area contributed by atoms with Gasteiger partial charge in [0.25, 0.3) is 11.7 Å². The van der Waals surface area contributed by atoms with Gasteiger partial charge in [-0.2, -0.15) is 0 Å². The molecule has 1 N–H and O–H groups in total. The lowest BCUT2D eigenvalue weighted by Crippen LogP contribution is -2.35. The lowest BCUT2D eigenvalue weighted by Gasteiger charge is -2.25. The molecule has 8 heteroatoms. The standard InChI is InChI=1S/C19H22N4O3S/c1-11-13(10-20-12(2)21-11)17(24)15-16(14-6-5-9-27-14)23(8-7-22(3)4)19(26)18(15)25/h5-6,9-10,16,24H,7-8H2,1-4H3/t16-/m1/s1. The Morgan fingerprint density at radius 2 is 2.07 bits per heavy atom. The maximum Gasteiger partial charge on any atom is 0.295 e. The number of Topliss-reactive ketones (excluding diaryl/α,β-unsaturated/α-hetero) is 1. The van der Waals surface area contributed by atoms with Crippen molar-refractivity contribution >= 4 is 28.8 Å². The van der Waals surface area contributed by atoms with Crippen molar-refractivity contribution in [3.63, 3.8) is 0 Å². The summed E-state index contributed by atoms with van der Waals surface area (Å²) in [6.45, 7) is 4.50. The number of likely N-dealkylation sites (N-methyl/N-ethyl adjacent to an activating group) is 1. The smallest absolute Gasteiger partial charge is 0.295 e. The number of aromatic nitrogens is 2. The number of hydrogen-bond donors (Lipinski definition) is 1. The van der Waals surface area contributed by atoms with E-state index in [2.05, 4.69) is 9.97 Å². The van der Waals surface area contributed by atoms with Crippen LogP contribution in [-0.2, 0) is 9.59 Å². The molecule has 1 atom stereocenters. The van der Waals surface area contributed by atoms with Gasteiger partial charge < -0.3 is 14.9 Å². The van der Waals surface area contributed by atoms with Gasteiger partial charge in [-0.15, -0.1) is 11.3 Å². The van der Waals surface area contributed by atoms with E-state index in [9.17, 15) is 14.7 Å². The molecule has 1 amide bonds. The molecular weight excluding hydrogens is 364 g/mol. The van der Waals surface area contributed by atoms with Crippen molar-refractivity contribution in [2.75, 3.05) is 27.2 Å². The molecule has 27 heavy (non-hydrogen) atoms. The Kier molecular flexibility index (Phi) is 5.38. The van der Waals surface area contributed by atoms with Crippen molar-refractivity contribution in [1.29, 1.82) is 0 Å². The average molecular weight is 386 g/mol. The maximum absolute atomic E-state index is 12.8. The Morgan fingerprint density at radius 3 is 2.67 bits per heavy atom. The van der Waals surface area contributed by atoms with E-state index in [1.165, 1.54) is 22.4 Å². The second-order valence-corrected chi connectivity index (χ2v) is 7.71. The number of amides is 1. The Hall–Kier alpha value is -2.58. The minimum absolute atomic E-state index is 0.0942. The Morgan fingerprint density at radius 1 is 1.33 bits per heavy atom. The number of carbonyl (C=O) groups is 2. The minimum Gasteiger partial charge on any atom is -0.507 e. The maximum atomic E-state index is 12.8. The first-order valence-electron chi connectivity index (χ1n) is 8.58. The van der Waals surface area contributed by atoms with Gasteiger partial charge in [-0.05, 0) is 39.4 Å². The lowest BCUT2D eigenvalue weighted by molar-refractivity contribution is -0.140. The van der Waals surface area contributed by atoms with Crippen LogP contribution in [0.4, 0.5) is 0 Å². The van der Waals surface area contributed by atoms with Crippen LogP contribution in [0.15, 0.2) is 29.3 Å². The first-order valence-corrected chi connectivity index (χ1v) is 9.46. The fraction of sp³-hybridized carbons (Fsp3) is 0.368. The number of aliphatic hydroxyl groups excluding tert-OH is 1. The number of ketones is 1. The summed E-state index contributed by atoms with van der Waals surface area (Å²) in [6, 6.07) is 3.13. The molecule has 142 valence electrons. The summed E-state index contributed by atoms with van der Waals surface area (Å²) in [5.74, 6) is -0.922. The first kappa shape index (κ1) is 19.2. The summed E-state index contributed by atoms with van der Waals surface area (Å²) in [6.07, 6.45) is 1.49. The normalized spacial score (nSPS) is 19.3. The Balaban J connectivity index is 2.13. The van der Waals surface area contributed by atoms with E-state index in [1.54, 1.807) is 13.8 Å². The van der Waals surface area contributed by atoms with Crippen LogP contribution in [0.3, 0.4) is 0 Å². The predicted molar refractivity (Wildman–Crippen MR) is 103 cm³/mol. The number of nitrogens with zero attached hydrogens (tertiary/aromatic N) is 4. The molecule has 0 unspecified atom stereocenters. The van der Waals surface area contributed by atoms with E-state index in [1.807, 2.05) is 36.5 Å². The van der Waals surface area contributed by atoms with Gasteiger partial charge in [0.15, 0.2) is 0 Å². The molecule has 2 aromatic rings. The average Bonchev–Trinajstić information content (AvgIpc) is 3.20. The van der Waals surface area contributed by atoms with Crippen LogP contribution in [0.1, 0.15) is 28.0 Å². The molecule has 1 aliphatic rings. The van der Waals surface area contributed by atoms with Crippen molar-refractivity contribution in [3.8, 4) is 0 Å². The van der Waals surface area contributed by atoms with Gasteiger partial charge in [0.1, 0.15) is 11.6 Å². The van der Waals surface area contributed by atoms with E-state index in [4.69, 9.17) is 0 Å². The molecule has 7 nitrogen and oxygen atoms in total. The number of carbonyl (C=O) groups excluding carboxylic acids is 2. The van der Waals surface area contributed by atoms with Crippen LogP contribution >= 0.6 is 11.3 Å². The monoisotopic (exact) mass is 386 g/mol. The highest BCUT2D eigenvalue weighted by molar-refractivity contribution is 7.10. The second kappa shape index (κ2) is 7.58. The molecule has 0 aliphatic carbocycles. The third kappa shape index (κ3) is 3.63. The highest BCUT2D eigenvalue weighted by Gasteiger charge is 2.46. The van der Waals surface area contributed by atoms with Crippen LogP contribution in [0.2, 0.25) is 0 Å². The highest BCUT2D eigenvalue weighted by atomic mass is 32.1. The van der Waals surface area contributed by atoms with Crippen LogP contribution in [0.5, 0.6) is 0 Å². The SMILES string of the molecule is Cc1ncc(C(O)=C2C(=O)C(=O)N(CCN(C)C)[C@@H]2c2cccs2)c(C)n1. The van der Waals surface area contributed by atoms with Crippen LogP contribution < -0.4 is 0 Å². The van der Waals surface area contributed by atoms with Crippen LogP contribution in [0.25, 0.3) is 5.76 Å². The van der Waals surface area contributed by atoms with Gasteiger partial charge >= 0.3 is 0 Å². The fourth-order valence-corrected chi connectivity index (χ4v) is 3.97. The molecule has 1 saturated heterocycles. The van der Waals surface area contributed by atoms with E-state index in [-0.39, 0.29) is 11.3 Å². The quantitative estimate of drug-likeness (QED) is 0.481. The van der Waals surface area contributed by atoms with Gasteiger partial charge in [0, 0.05) is 24.2 Å². The van der Waals surface area contributed by atoms with E-state index in [0.29, 0.717) is 30.2 Å². The van der Waals surface area contributed by atoms with Gasteiger partial charge in [-0.25, -0.2) is 9.97 Å². The van der Waals surface area contributed by atoms with Gasteiger partial charge in [-0.3, -0.25) is 9.59 Å². The number of hydrogen-bond acceptors (Lipinski definition) is 7. The van der Waals surface area contributed by atoms with Crippen molar-refractivity contribution < 1.29 is 14.7 Å². The molecule has 0 radical (unpaired) electrons. The highest BCUT2D eigenvalue weighted by Crippen LogP contribution is 2.41. The number of rotatable bonds is 5. The van der Waals surface area contributed by atoms with Crippen LogP contribution in [-0.4, -0.2) is 63.7 Å². The number of aliphatic hydroxyl groups is 1. The summed E-state index contributed by atoms with van der Waals surface area (Å²) in [7, 11) is 3.81. The summed E-state index contributed by atoms with van der Waals surface area (Å²) in [5.41, 5.74) is 1.02. The molecule has 3 heterocycles. The summed E-state index contributed by atoms with van der Waals surface area (Å²) < 4.78 is 0. The molecule has 0 saturated carbocycles. The number of thiophene rings is 1. The molecule has 1 fully saturated rings.